The van der Waals surface area contributed by atoms with Crippen molar-refractivity contribution in [1.29, 1.82) is 0 Å². The standard InChI is InChI=1S/C9H17NO2/c1-3-7(2)10-5-8(6-10)4-9(11)12/h7-8H,3-6H2,1-2H3,(H,11,12). The second-order valence-electron chi connectivity index (χ2n) is 3.68. The van der Waals surface area contributed by atoms with Gasteiger partial charge in [-0.25, -0.2) is 0 Å². The maximum Gasteiger partial charge on any atom is 0.303 e. The lowest BCUT2D eigenvalue weighted by Gasteiger charge is -2.42. The molecule has 0 aliphatic carbocycles. The van der Waals surface area contributed by atoms with Crippen molar-refractivity contribution in [3.63, 3.8) is 0 Å². The molecule has 1 heterocycles. The number of hydrogen-bond donors (Lipinski definition) is 1. The van der Waals surface area contributed by atoms with Gasteiger partial charge in [-0.3, -0.25) is 9.69 Å². The molecule has 0 aromatic rings. The molecule has 0 aromatic heterocycles. The number of aliphatic carboxylic acids is 1. The van der Waals surface area contributed by atoms with Crippen molar-refractivity contribution in [2.24, 2.45) is 5.92 Å². The van der Waals surface area contributed by atoms with Gasteiger partial charge in [0, 0.05) is 19.1 Å². The molecule has 3 heteroatoms. The minimum atomic E-state index is -0.663. The van der Waals surface area contributed by atoms with Crippen molar-refractivity contribution >= 4 is 5.97 Å². The van der Waals surface area contributed by atoms with Crippen molar-refractivity contribution in [3.05, 3.63) is 0 Å². The molecule has 0 amide bonds. The largest absolute Gasteiger partial charge is 0.481 e. The van der Waals surface area contributed by atoms with E-state index in [4.69, 9.17) is 5.11 Å². The summed E-state index contributed by atoms with van der Waals surface area (Å²) >= 11 is 0. The predicted octanol–water partition coefficient (Wildman–Crippen LogP) is 1.19. The van der Waals surface area contributed by atoms with Crippen LogP contribution in [0.3, 0.4) is 0 Å². The third-order valence-electron chi connectivity index (χ3n) is 2.66. The van der Waals surface area contributed by atoms with Crippen molar-refractivity contribution in [1.82, 2.24) is 4.90 Å². The van der Waals surface area contributed by atoms with E-state index in [1.54, 1.807) is 0 Å². The number of hydrogen-bond acceptors (Lipinski definition) is 2. The molecule has 1 N–H and O–H groups in total. The van der Waals surface area contributed by atoms with Gasteiger partial charge < -0.3 is 5.11 Å². The van der Waals surface area contributed by atoms with E-state index in [0.717, 1.165) is 19.5 Å². The summed E-state index contributed by atoms with van der Waals surface area (Å²) in [5.41, 5.74) is 0. The Morgan fingerprint density at radius 1 is 1.67 bits per heavy atom. The van der Waals surface area contributed by atoms with Gasteiger partial charge in [0.2, 0.25) is 0 Å². The van der Waals surface area contributed by atoms with Crippen LogP contribution in [-0.2, 0) is 4.79 Å². The highest BCUT2D eigenvalue weighted by Crippen LogP contribution is 2.22. The number of carboxylic acids is 1. The third-order valence-corrected chi connectivity index (χ3v) is 2.66. The summed E-state index contributed by atoms with van der Waals surface area (Å²) in [5, 5.41) is 8.51. The highest BCUT2D eigenvalue weighted by molar-refractivity contribution is 5.67. The Hall–Kier alpha value is -0.570. The molecule has 0 aromatic carbocycles. The Kier molecular flexibility index (Phi) is 3.09. The Balaban J connectivity index is 2.15. The van der Waals surface area contributed by atoms with Gasteiger partial charge in [0.1, 0.15) is 0 Å². The van der Waals surface area contributed by atoms with Gasteiger partial charge in [0.25, 0.3) is 0 Å². The molecule has 0 bridgehead atoms. The Morgan fingerprint density at radius 2 is 2.25 bits per heavy atom. The van der Waals surface area contributed by atoms with E-state index in [-0.39, 0.29) is 0 Å². The van der Waals surface area contributed by atoms with Crippen LogP contribution in [0, 0.1) is 5.92 Å². The average Bonchev–Trinajstić information content (AvgIpc) is 1.94. The van der Waals surface area contributed by atoms with Crippen molar-refractivity contribution < 1.29 is 9.90 Å². The van der Waals surface area contributed by atoms with Gasteiger partial charge in [-0.2, -0.15) is 0 Å². The number of carbonyl (C=O) groups is 1. The van der Waals surface area contributed by atoms with E-state index in [1.807, 2.05) is 0 Å². The van der Waals surface area contributed by atoms with Crippen LogP contribution in [0.4, 0.5) is 0 Å². The fourth-order valence-corrected chi connectivity index (χ4v) is 1.60. The fraction of sp³-hybridized carbons (Fsp3) is 0.889. The van der Waals surface area contributed by atoms with E-state index in [2.05, 4.69) is 18.7 Å². The summed E-state index contributed by atoms with van der Waals surface area (Å²) in [7, 11) is 0. The number of rotatable bonds is 4. The molecule has 3 nitrogen and oxygen atoms in total. The molecule has 70 valence electrons. The van der Waals surface area contributed by atoms with Crippen LogP contribution in [-0.4, -0.2) is 35.1 Å². The summed E-state index contributed by atoms with van der Waals surface area (Å²) in [6.45, 7) is 6.30. The van der Waals surface area contributed by atoms with E-state index < -0.39 is 5.97 Å². The Labute approximate surface area is 73.4 Å². The van der Waals surface area contributed by atoms with E-state index >= 15 is 0 Å². The van der Waals surface area contributed by atoms with Gasteiger partial charge in [-0.15, -0.1) is 0 Å². The van der Waals surface area contributed by atoms with E-state index in [1.165, 1.54) is 0 Å². The molecule has 1 aliphatic rings. The summed E-state index contributed by atoms with van der Waals surface area (Å²) in [4.78, 5) is 12.7. The van der Waals surface area contributed by atoms with Crippen LogP contribution < -0.4 is 0 Å². The first kappa shape index (κ1) is 9.52. The monoisotopic (exact) mass is 171 g/mol. The Bertz CT molecular complexity index is 164. The summed E-state index contributed by atoms with van der Waals surface area (Å²) < 4.78 is 0. The number of likely N-dealkylation sites (tertiary alicyclic amines) is 1. The molecule has 1 fully saturated rings. The first-order valence-corrected chi connectivity index (χ1v) is 4.59. The maximum absolute atomic E-state index is 10.3. The predicted molar refractivity (Wildman–Crippen MR) is 47.1 cm³/mol. The van der Waals surface area contributed by atoms with Crippen molar-refractivity contribution in [2.45, 2.75) is 32.7 Å². The molecule has 0 radical (unpaired) electrons. The first-order valence-electron chi connectivity index (χ1n) is 4.59. The second-order valence-corrected chi connectivity index (χ2v) is 3.68. The van der Waals surface area contributed by atoms with Crippen LogP contribution in [0.15, 0.2) is 0 Å². The summed E-state index contributed by atoms with van der Waals surface area (Å²) in [6, 6.07) is 0.620. The van der Waals surface area contributed by atoms with Gasteiger partial charge in [0.05, 0.1) is 6.42 Å². The lowest BCUT2D eigenvalue weighted by atomic mass is 9.94. The molecule has 12 heavy (non-hydrogen) atoms. The van der Waals surface area contributed by atoms with Crippen LogP contribution in [0.2, 0.25) is 0 Å². The lowest BCUT2D eigenvalue weighted by Crippen LogP contribution is -2.51. The zero-order valence-electron chi connectivity index (χ0n) is 7.79. The highest BCUT2D eigenvalue weighted by atomic mass is 16.4. The van der Waals surface area contributed by atoms with Gasteiger partial charge >= 0.3 is 5.97 Å². The minimum Gasteiger partial charge on any atom is -0.481 e. The average molecular weight is 171 g/mol. The lowest BCUT2D eigenvalue weighted by molar-refractivity contribution is -0.139. The van der Waals surface area contributed by atoms with Gasteiger partial charge in [0.15, 0.2) is 0 Å². The Morgan fingerprint density at radius 3 is 2.67 bits per heavy atom. The van der Waals surface area contributed by atoms with E-state index in [9.17, 15) is 4.79 Å². The number of nitrogens with zero attached hydrogens (tertiary/aromatic N) is 1. The molecular weight excluding hydrogens is 154 g/mol. The fourth-order valence-electron chi connectivity index (χ4n) is 1.60. The molecule has 0 saturated carbocycles. The quantitative estimate of drug-likeness (QED) is 0.690. The second kappa shape index (κ2) is 3.90. The molecule has 0 spiro atoms. The molecule has 1 atom stereocenters. The smallest absolute Gasteiger partial charge is 0.303 e. The zero-order valence-corrected chi connectivity index (χ0v) is 7.79. The summed E-state index contributed by atoms with van der Waals surface area (Å²) in [6.07, 6.45) is 1.49. The highest BCUT2D eigenvalue weighted by Gasteiger charge is 2.30. The molecule has 1 unspecified atom stereocenters. The molecule has 1 saturated heterocycles. The van der Waals surface area contributed by atoms with Gasteiger partial charge in [-0.05, 0) is 19.3 Å². The minimum absolute atomic E-state index is 0.340. The van der Waals surface area contributed by atoms with Crippen LogP contribution in [0.1, 0.15) is 26.7 Å². The van der Waals surface area contributed by atoms with Gasteiger partial charge in [-0.1, -0.05) is 6.92 Å². The molecule has 1 rings (SSSR count). The maximum atomic E-state index is 10.3. The SMILES string of the molecule is CCC(C)N1CC(CC(=O)O)C1. The van der Waals surface area contributed by atoms with Crippen molar-refractivity contribution in [2.75, 3.05) is 13.1 Å². The summed E-state index contributed by atoms with van der Waals surface area (Å²) in [5.74, 6) is -0.264. The number of carboxylic acid groups (broad SMARTS) is 1. The van der Waals surface area contributed by atoms with Crippen LogP contribution in [0.5, 0.6) is 0 Å². The topological polar surface area (TPSA) is 40.5 Å². The normalized spacial score (nSPS) is 21.8. The van der Waals surface area contributed by atoms with E-state index in [0.29, 0.717) is 18.4 Å². The van der Waals surface area contributed by atoms with Crippen LogP contribution >= 0.6 is 0 Å². The third kappa shape index (κ3) is 2.21. The molecular formula is C9H17NO2. The van der Waals surface area contributed by atoms with Crippen molar-refractivity contribution in [3.8, 4) is 0 Å². The molecule has 1 aliphatic heterocycles. The zero-order chi connectivity index (χ0) is 9.14. The van der Waals surface area contributed by atoms with Crippen LogP contribution in [0.25, 0.3) is 0 Å². The first-order chi connectivity index (χ1) is 5.63.